The summed E-state index contributed by atoms with van der Waals surface area (Å²) >= 11 is 13.1. The van der Waals surface area contributed by atoms with E-state index >= 15 is 0 Å². The topological polar surface area (TPSA) is 101 Å². The van der Waals surface area contributed by atoms with Crippen molar-refractivity contribution < 1.29 is 0 Å². The number of fused-ring (bicyclic) bond motifs is 1. The normalized spacial score (nSPS) is 16.7. The van der Waals surface area contributed by atoms with Gasteiger partial charge in [0, 0.05) is 35.2 Å². The number of hydrogen-bond donors (Lipinski definition) is 4. The van der Waals surface area contributed by atoms with Gasteiger partial charge in [0.05, 0.1) is 39.0 Å². The average molecular weight is 595 g/mol. The van der Waals surface area contributed by atoms with Gasteiger partial charge < -0.3 is 16.1 Å². The molecule has 2 atom stereocenters. The van der Waals surface area contributed by atoms with Crippen LogP contribution in [-0.4, -0.2) is 28.9 Å². The van der Waals surface area contributed by atoms with E-state index in [9.17, 15) is 5.26 Å². The number of nitrogens with zero attached hydrogens (tertiary/aromatic N) is 4. The highest BCUT2D eigenvalue weighted by atomic mass is 35.5. The van der Waals surface area contributed by atoms with Crippen LogP contribution in [0.4, 0.5) is 11.4 Å². The van der Waals surface area contributed by atoms with E-state index in [4.69, 9.17) is 31.0 Å². The summed E-state index contributed by atoms with van der Waals surface area (Å²) in [4.78, 5) is 9.00. The fourth-order valence-electron chi connectivity index (χ4n) is 5.39. The highest BCUT2D eigenvalue weighted by molar-refractivity contribution is 6.36. The molecule has 1 fully saturated rings. The first-order valence-electron chi connectivity index (χ1n) is 13.9. The Labute approximate surface area is 256 Å². The van der Waals surface area contributed by atoms with Gasteiger partial charge in [0.25, 0.3) is 0 Å². The molecule has 0 amide bonds. The van der Waals surface area contributed by atoms with Gasteiger partial charge in [-0.15, -0.1) is 5.53 Å². The SMILES string of the molecule is [B]C(Nc1cc(Cl)c2ncc(C#N)c(N[C@H](CC)c3ccccc3)c2c1)(C1=CN(C2CC2)NN1)c1ccc(Cl)nc1C. The maximum absolute atomic E-state index is 10.0. The van der Waals surface area contributed by atoms with E-state index in [1.165, 1.54) is 0 Å². The molecule has 2 aromatic heterocycles. The molecule has 0 saturated heterocycles. The van der Waals surface area contributed by atoms with Crippen LogP contribution in [0.25, 0.3) is 10.9 Å². The summed E-state index contributed by atoms with van der Waals surface area (Å²) in [6.07, 6.45) is 6.57. The van der Waals surface area contributed by atoms with Crippen LogP contribution >= 0.6 is 23.2 Å². The zero-order chi connectivity index (χ0) is 29.4. The molecule has 1 saturated carbocycles. The third-order valence-corrected chi connectivity index (χ3v) is 8.24. The van der Waals surface area contributed by atoms with Gasteiger partial charge in [-0.05, 0) is 55.5 Å². The first-order chi connectivity index (χ1) is 20.3. The van der Waals surface area contributed by atoms with E-state index in [1.807, 2.05) is 48.5 Å². The second kappa shape index (κ2) is 11.4. The van der Waals surface area contributed by atoms with Crippen LogP contribution in [-0.2, 0) is 5.44 Å². The molecule has 1 unspecified atom stereocenters. The first-order valence-corrected chi connectivity index (χ1v) is 14.6. The number of aromatic nitrogens is 2. The van der Waals surface area contributed by atoms with E-state index in [0.29, 0.717) is 55.4 Å². The summed E-state index contributed by atoms with van der Waals surface area (Å²) in [5, 5.41) is 20.7. The zero-order valence-electron chi connectivity index (χ0n) is 23.2. The van der Waals surface area contributed by atoms with Crippen molar-refractivity contribution in [2.45, 2.75) is 50.6 Å². The quantitative estimate of drug-likeness (QED) is 0.130. The zero-order valence-corrected chi connectivity index (χ0v) is 24.8. The number of pyridine rings is 2. The number of aryl methyl sites for hydroxylation is 1. The number of nitriles is 1. The maximum Gasteiger partial charge on any atom is 0.129 e. The average Bonchev–Trinajstić information content (AvgIpc) is 3.71. The Morgan fingerprint density at radius 3 is 2.67 bits per heavy atom. The van der Waals surface area contributed by atoms with E-state index in [2.05, 4.69) is 56.7 Å². The molecule has 4 N–H and O–H groups in total. The van der Waals surface area contributed by atoms with Gasteiger partial charge in [0.15, 0.2) is 0 Å². The van der Waals surface area contributed by atoms with Gasteiger partial charge >= 0.3 is 0 Å². The minimum Gasteiger partial charge on any atom is -0.378 e. The molecule has 0 spiro atoms. The Bertz CT molecular complexity index is 1720. The minimum atomic E-state index is -1.24. The number of nitrogens with one attached hydrogen (secondary N) is 4. The van der Waals surface area contributed by atoms with Crippen LogP contribution in [0.2, 0.25) is 10.2 Å². The number of hydrogen-bond acceptors (Lipinski definition) is 8. The van der Waals surface area contributed by atoms with Crippen LogP contribution in [0, 0.1) is 18.3 Å². The fourth-order valence-corrected chi connectivity index (χ4v) is 5.84. The molecule has 210 valence electrons. The molecule has 42 heavy (non-hydrogen) atoms. The van der Waals surface area contributed by atoms with Crippen molar-refractivity contribution in [3.8, 4) is 6.07 Å². The number of halogens is 2. The number of anilines is 2. The van der Waals surface area contributed by atoms with Crippen molar-refractivity contribution in [1.29, 1.82) is 5.26 Å². The van der Waals surface area contributed by atoms with Crippen LogP contribution in [0.3, 0.4) is 0 Å². The molecule has 4 aromatic rings. The predicted octanol–water partition coefficient (Wildman–Crippen LogP) is 6.44. The third-order valence-electron chi connectivity index (χ3n) is 7.75. The standard InChI is InChI=1S/C31H29BCl2N8/c1-3-26(19-7-5-4-6-8-19)38-29-20(15-35)16-36-30-23(29)13-21(14-25(30)33)39-31(32,24-11-12-28(34)37-18(24)2)27-17-42(41-40-27)22-9-10-22/h4-8,11-14,16-17,22,26,39-41H,3,9-10H2,1-2H3,(H,36,38)/t26-,31?/m1/s1. The van der Waals surface area contributed by atoms with Gasteiger partial charge in [0.1, 0.15) is 19.1 Å². The van der Waals surface area contributed by atoms with Gasteiger partial charge in [-0.3, -0.25) is 9.99 Å². The van der Waals surface area contributed by atoms with E-state index < -0.39 is 5.44 Å². The van der Waals surface area contributed by atoms with Gasteiger partial charge in [-0.2, -0.15) is 5.26 Å². The van der Waals surface area contributed by atoms with Crippen molar-refractivity contribution >= 4 is 53.3 Å². The minimum absolute atomic E-state index is 0.0250. The van der Waals surface area contributed by atoms with Crippen LogP contribution in [0.15, 0.2) is 72.7 Å². The highest BCUT2D eigenvalue weighted by Gasteiger charge is 2.39. The van der Waals surface area contributed by atoms with Crippen molar-refractivity contribution in [2.24, 2.45) is 0 Å². The molecule has 2 aliphatic rings. The molecule has 2 aromatic carbocycles. The summed E-state index contributed by atoms with van der Waals surface area (Å²) < 4.78 is 0. The Kier molecular flexibility index (Phi) is 7.63. The fraction of sp³-hybridized carbons (Fsp3) is 0.258. The summed E-state index contributed by atoms with van der Waals surface area (Å²) in [7, 11) is 7.24. The molecular weight excluding hydrogens is 566 g/mol. The lowest BCUT2D eigenvalue weighted by atomic mass is 9.69. The van der Waals surface area contributed by atoms with Crippen molar-refractivity contribution in [2.75, 3.05) is 10.6 Å². The number of benzene rings is 2. The lowest BCUT2D eigenvalue weighted by molar-refractivity contribution is 0.260. The molecular formula is C31H29BCl2N8. The van der Waals surface area contributed by atoms with E-state index in [0.717, 1.165) is 30.4 Å². The summed E-state index contributed by atoms with van der Waals surface area (Å²) in [6.45, 7) is 3.98. The lowest BCUT2D eigenvalue weighted by Crippen LogP contribution is -2.46. The molecule has 11 heteroatoms. The monoisotopic (exact) mass is 594 g/mol. The highest BCUT2D eigenvalue weighted by Crippen LogP contribution is 2.39. The van der Waals surface area contributed by atoms with Crippen LogP contribution in [0.1, 0.15) is 54.6 Å². The summed E-state index contributed by atoms with van der Waals surface area (Å²) in [5.74, 6) is 0. The van der Waals surface area contributed by atoms with Gasteiger partial charge in [-0.25, -0.2) is 4.98 Å². The molecule has 0 bridgehead atoms. The Morgan fingerprint density at radius 1 is 1.19 bits per heavy atom. The molecule has 8 nitrogen and oxygen atoms in total. The Morgan fingerprint density at radius 2 is 1.98 bits per heavy atom. The van der Waals surface area contributed by atoms with Gasteiger partial charge in [-0.1, -0.05) is 66.5 Å². The van der Waals surface area contributed by atoms with Crippen LogP contribution in [0.5, 0.6) is 0 Å². The molecule has 1 aliphatic carbocycles. The number of rotatable bonds is 9. The maximum atomic E-state index is 10.0. The largest absolute Gasteiger partial charge is 0.378 e. The van der Waals surface area contributed by atoms with E-state index in [-0.39, 0.29) is 6.04 Å². The molecule has 3 heterocycles. The van der Waals surface area contributed by atoms with Crippen molar-refractivity contribution in [3.05, 3.63) is 105 Å². The summed E-state index contributed by atoms with van der Waals surface area (Å²) in [5.41, 5.74) is 10.8. The van der Waals surface area contributed by atoms with Crippen molar-refractivity contribution in [3.63, 3.8) is 0 Å². The molecule has 6 rings (SSSR count). The van der Waals surface area contributed by atoms with Crippen molar-refractivity contribution in [1.82, 2.24) is 25.9 Å². The van der Waals surface area contributed by atoms with Crippen LogP contribution < -0.4 is 21.6 Å². The number of hydrazine groups is 2. The van der Waals surface area contributed by atoms with E-state index in [1.54, 1.807) is 18.3 Å². The second-order valence-corrected chi connectivity index (χ2v) is 11.4. The smallest absolute Gasteiger partial charge is 0.129 e. The molecule has 2 radical (unpaired) electrons. The van der Waals surface area contributed by atoms with Gasteiger partial charge in [0.2, 0.25) is 0 Å². The third kappa shape index (κ3) is 5.34. The summed E-state index contributed by atoms with van der Waals surface area (Å²) in [6, 6.07) is 20.2. The predicted molar refractivity (Wildman–Crippen MR) is 169 cm³/mol. The first kappa shape index (κ1) is 28.2. The Balaban J connectivity index is 1.46. The molecule has 1 aliphatic heterocycles. The lowest BCUT2D eigenvalue weighted by Gasteiger charge is -2.35. The Hall–Kier alpha value is -3.97. The second-order valence-electron chi connectivity index (χ2n) is 10.6.